The molecule has 1 aromatic rings. The van der Waals surface area contributed by atoms with Crippen LogP contribution in [0.4, 0.5) is 5.69 Å². The first-order valence-corrected chi connectivity index (χ1v) is 5.29. The highest BCUT2D eigenvalue weighted by atomic mass is 32.2. The van der Waals surface area contributed by atoms with E-state index in [-0.39, 0.29) is 5.91 Å². The van der Waals surface area contributed by atoms with Crippen molar-refractivity contribution in [2.45, 2.75) is 0 Å². The number of amides is 1. The number of rotatable bonds is 1. The number of hydrogen-bond donors (Lipinski definition) is 0. The number of amidine groups is 1. The van der Waals surface area contributed by atoms with Gasteiger partial charge < -0.3 is 4.90 Å². The number of hydrogen-bond acceptors (Lipinski definition) is 3. The van der Waals surface area contributed by atoms with Crippen LogP contribution in [0, 0.1) is 0 Å². The molecule has 1 aliphatic rings. The zero-order chi connectivity index (χ0) is 9.97. The maximum atomic E-state index is 11.0. The number of thioether (sulfide) groups is 1. The van der Waals surface area contributed by atoms with E-state index in [0.29, 0.717) is 5.75 Å². The molecular formula is C10H10N2OS. The quantitative estimate of drug-likeness (QED) is 0.701. The molecule has 14 heavy (non-hydrogen) atoms. The molecule has 1 aliphatic heterocycles. The van der Waals surface area contributed by atoms with Crippen LogP contribution in [0.5, 0.6) is 0 Å². The number of aliphatic imine (C=N–C) groups is 1. The van der Waals surface area contributed by atoms with E-state index in [1.807, 2.05) is 42.3 Å². The van der Waals surface area contributed by atoms with E-state index in [2.05, 4.69) is 4.99 Å². The number of benzene rings is 1. The Morgan fingerprint density at radius 3 is 2.64 bits per heavy atom. The summed E-state index contributed by atoms with van der Waals surface area (Å²) in [4.78, 5) is 16.8. The van der Waals surface area contributed by atoms with Gasteiger partial charge in [0.05, 0.1) is 5.75 Å². The summed E-state index contributed by atoms with van der Waals surface area (Å²) in [6.45, 7) is 0. The number of para-hydroxylation sites is 1. The molecule has 3 nitrogen and oxygen atoms in total. The zero-order valence-corrected chi connectivity index (χ0v) is 8.62. The molecule has 1 amide bonds. The molecule has 1 aromatic carbocycles. The standard InChI is InChI=1S/C10H10N2OS/c1-12(8-5-3-2-4-6-8)10-11-9(13)7-14-10/h2-6H,7H2,1H3. The zero-order valence-electron chi connectivity index (χ0n) is 7.80. The lowest BCUT2D eigenvalue weighted by molar-refractivity contribution is -0.115. The highest BCUT2D eigenvalue weighted by Gasteiger charge is 2.18. The van der Waals surface area contributed by atoms with Gasteiger partial charge in [0.25, 0.3) is 5.91 Å². The summed E-state index contributed by atoms with van der Waals surface area (Å²) in [5.41, 5.74) is 1.05. The first-order valence-electron chi connectivity index (χ1n) is 4.30. The van der Waals surface area contributed by atoms with Gasteiger partial charge in [0.1, 0.15) is 0 Å². The predicted octanol–water partition coefficient (Wildman–Crippen LogP) is 1.75. The summed E-state index contributed by atoms with van der Waals surface area (Å²) in [6, 6.07) is 9.88. The highest BCUT2D eigenvalue weighted by molar-refractivity contribution is 8.15. The molecule has 0 aromatic heterocycles. The van der Waals surface area contributed by atoms with Gasteiger partial charge in [0, 0.05) is 12.7 Å². The number of carbonyl (C=O) groups excluding carboxylic acids is 1. The molecule has 1 heterocycles. The number of nitrogens with zero attached hydrogens (tertiary/aromatic N) is 2. The Labute approximate surface area is 86.8 Å². The topological polar surface area (TPSA) is 32.7 Å². The van der Waals surface area contributed by atoms with Crippen molar-refractivity contribution in [3.05, 3.63) is 30.3 Å². The second-order valence-electron chi connectivity index (χ2n) is 2.97. The van der Waals surface area contributed by atoms with Gasteiger partial charge in [-0.1, -0.05) is 30.0 Å². The molecule has 0 unspecified atom stereocenters. The molecular weight excluding hydrogens is 196 g/mol. The fourth-order valence-corrected chi connectivity index (χ4v) is 2.01. The minimum Gasteiger partial charge on any atom is -0.324 e. The van der Waals surface area contributed by atoms with Gasteiger partial charge in [-0.25, -0.2) is 0 Å². The lowest BCUT2D eigenvalue weighted by atomic mass is 10.3. The van der Waals surface area contributed by atoms with E-state index in [1.165, 1.54) is 11.8 Å². The summed E-state index contributed by atoms with van der Waals surface area (Å²) in [6.07, 6.45) is 0. The molecule has 0 bridgehead atoms. The maximum absolute atomic E-state index is 11.0. The summed E-state index contributed by atoms with van der Waals surface area (Å²) >= 11 is 1.48. The van der Waals surface area contributed by atoms with Crippen LogP contribution >= 0.6 is 11.8 Å². The molecule has 0 atom stereocenters. The average Bonchev–Trinajstić information content (AvgIpc) is 2.65. The van der Waals surface area contributed by atoms with Gasteiger partial charge in [-0.3, -0.25) is 4.79 Å². The van der Waals surface area contributed by atoms with Crippen LogP contribution in [0.2, 0.25) is 0 Å². The molecule has 0 N–H and O–H groups in total. The molecule has 0 aliphatic carbocycles. The Morgan fingerprint density at radius 1 is 1.36 bits per heavy atom. The molecule has 0 saturated carbocycles. The summed E-state index contributed by atoms with van der Waals surface area (Å²) in [5, 5.41) is 0.779. The van der Waals surface area contributed by atoms with E-state index in [0.717, 1.165) is 10.9 Å². The minimum atomic E-state index is -0.0484. The van der Waals surface area contributed by atoms with Crippen LogP contribution in [0.25, 0.3) is 0 Å². The van der Waals surface area contributed by atoms with Gasteiger partial charge in [-0.15, -0.1) is 0 Å². The second-order valence-corrected chi connectivity index (χ2v) is 3.91. The van der Waals surface area contributed by atoms with Crippen LogP contribution in [0.3, 0.4) is 0 Å². The summed E-state index contributed by atoms with van der Waals surface area (Å²) < 4.78 is 0. The Morgan fingerprint density at radius 2 is 2.07 bits per heavy atom. The third-order valence-electron chi connectivity index (χ3n) is 1.98. The van der Waals surface area contributed by atoms with Crippen molar-refractivity contribution in [1.29, 1.82) is 0 Å². The Balaban J connectivity index is 2.21. The predicted molar refractivity (Wildman–Crippen MR) is 59.7 cm³/mol. The Kier molecular flexibility index (Phi) is 2.54. The molecule has 0 radical (unpaired) electrons. The van der Waals surface area contributed by atoms with Gasteiger partial charge in [-0.05, 0) is 12.1 Å². The maximum Gasteiger partial charge on any atom is 0.258 e. The fourth-order valence-electron chi connectivity index (χ4n) is 1.23. The summed E-state index contributed by atoms with van der Waals surface area (Å²) in [7, 11) is 1.92. The van der Waals surface area contributed by atoms with Crippen molar-refractivity contribution in [1.82, 2.24) is 0 Å². The van der Waals surface area contributed by atoms with Crippen LogP contribution in [0.1, 0.15) is 0 Å². The third kappa shape index (κ3) is 1.80. The first kappa shape index (κ1) is 9.27. The van der Waals surface area contributed by atoms with Crippen molar-refractivity contribution in [2.24, 2.45) is 4.99 Å². The Hall–Kier alpha value is -1.29. The van der Waals surface area contributed by atoms with E-state index < -0.39 is 0 Å². The molecule has 4 heteroatoms. The number of carbonyl (C=O) groups is 1. The van der Waals surface area contributed by atoms with Crippen LogP contribution < -0.4 is 4.90 Å². The SMILES string of the molecule is CN(C1=NC(=O)CS1)c1ccccc1. The Bertz CT molecular complexity index is 375. The van der Waals surface area contributed by atoms with E-state index in [9.17, 15) is 4.79 Å². The van der Waals surface area contributed by atoms with Crippen molar-refractivity contribution < 1.29 is 4.79 Å². The lowest BCUT2D eigenvalue weighted by Crippen LogP contribution is -2.21. The smallest absolute Gasteiger partial charge is 0.258 e. The molecule has 2 rings (SSSR count). The van der Waals surface area contributed by atoms with E-state index in [4.69, 9.17) is 0 Å². The van der Waals surface area contributed by atoms with Crippen molar-refractivity contribution in [2.75, 3.05) is 17.7 Å². The second kappa shape index (κ2) is 3.84. The van der Waals surface area contributed by atoms with Crippen molar-refractivity contribution in [3.63, 3.8) is 0 Å². The molecule has 0 saturated heterocycles. The fraction of sp³-hybridized carbons (Fsp3) is 0.200. The van der Waals surface area contributed by atoms with Gasteiger partial charge in [0.15, 0.2) is 5.17 Å². The van der Waals surface area contributed by atoms with Crippen LogP contribution in [0.15, 0.2) is 35.3 Å². The molecule has 0 spiro atoms. The van der Waals surface area contributed by atoms with E-state index in [1.54, 1.807) is 0 Å². The largest absolute Gasteiger partial charge is 0.324 e. The minimum absolute atomic E-state index is 0.0484. The third-order valence-corrected chi connectivity index (χ3v) is 2.99. The molecule has 0 fully saturated rings. The highest BCUT2D eigenvalue weighted by Crippen LogP contribution is 2.21. The van der Waals surface area contributed by atoms with Gasteiger partial charge in [0.2, 0.25) is 0 Å². The normalized spacial score (nSPS) is 15.5. The average molecular weight is 206 g/mol. The monoisotopic (exact) mass is 206 g/mol. The lowest BCUT2D eigenvalue weighted by Gasteiger charge is -2.17. The van der Waals surface area contributed by atoms with Gasteiger partial charge >= 0.3 is 0 Å². The van der Waals surface area contributed by atoms with Crippen LogP contribution in [-0.2, 0) is 4.79 Å². The first-order chi connectivity index (χ1) is 6.77. The van der Waals surface area contributed by atoms with E-state index >= 15 is 0 Å². The van der Waals surface area contributed by atoms with Gasteiger partial charge in [-0.2, -0.15) is 4.99 Å². The summed E-state index contributed by atoms with van der Waals surface area (Å²) in [5.74, 6) is 0.416. The number of anilines is 1. The van der Waals surface area contributed by atoms with Crippen molar-refractivity contribution in [3.8, 4) is 0 Å². The molecule has 72 valence electrons. The van der Waals surface area contributed by atoms with Crippen LogP contribution in [-0.4, -0.2) is 23.9 Å². The van der Waals surface area contributed by atoms with Crippen molar-refractivity contribution >= 4 is 28.5 Å².